The molecule has 0 amide bonds. The van der Waals surface area contributed by atoms with Crippen molar-refractivity contribution in [2.24, 2.45) is 0 Å². The second-order valence-corrected chi connectivity index (χ2v) is 4.07. The monoisotopic (exact) mass is 233 g/mol. The topological polar surface area (TPSA) is 30.0 Å². The van der Waals surface area contributed by atoms with Crippen LogP contribution in [0.3, 0.4) is 0 Å². The minimum absolute atomic E-state index is 0.0348. The van der Waals surface area contributed by atoms with E-state index in [-0.39, 0.29) is 5.78 Å². The van der Waals surface area contributed by atoms with E-state index in [0.29, 0.717) is 11.3 Å². The average Bonchev–Trinajstić information content (AvgIpc) is 2.47. The van der Waals surface area contributed by atoms with Gasteiger partial charge in [-0.3, -0.25) is 9.78 Å². The van der Waals surface area contributed by atoms with Crippen molar-refractivity contribution < 1.29 is 4.79 Å². The number of aromatic nitrogens is 1. The zero-order chi connectivity index (χ0) is 12.4. The molecule has 0 spiro atoms. The Morgan fingerprint density at radius 3 is 2.44 bits per heavy atom. The van der Waals surface area contributed by atoms with Crippen LogP contribution in [0.25, 0.3) is 10.8 Å². The molecule has 3 aromatic rings. The number of carbonyl (C=O) groups is 1. The fourth-order valence-electron chi connectivity index (χ4n) is 2.06. The quantitative estimate of drug-likeness (QED) is 0.634. The molecule has 0 radical (unpaired) electrons. The molecule has 2 nitrogen and oxygen atoms in total. The first kappa shape index (κ1) is 10.7. The zero-order valence-electron chi connectivity index (χ0n) is 9.71. The Hall–Kier alpha value is -2.48. The molecule has 1 heterocycles. The molecule has 0 aliphatic heterocycles. The first-order valence-corrected chi connectivity index (χ1v) is 5.80. The molecular formula is C16H11NO. The summed E-state index contributed by atoms with van der Waals surface area (Å²) < 4.78 is 0. The summed E-state index contributed by atoms with van der Waals surface area (Å²) in [6.45, 7) is 0. The van der Waals surface area contributed by atoms with E-state index < -0.39 is 0 Å². The largest absolute Gasteiger partial charge is 0.287 e. The van der Waals surface area contributed by atoms with E-state index in [9.17, 15) is 4.79 Å². The molecule has 2 heteroatoms. The Labute approximate surface area is 105 Å². The van der Waals surface area contributed by atoms with Crippen LogP contribution in [0.4, 0.5) is 0 Å². The zero-order valence-corrected chi connectivity index (χ0v) is 9.71. The molecule has 18 heavy (non-hydrogen) atoms. The van der Waals surface area contributed by atoms with Gasteiger partial charge in [0, 0.05) is 11.8 Å². The lowest BCUT2D eigenvalue weighted by Gasteiger charge is -2.04. The smallest absolute Gasteiger partial charge is 0.211 e. The van der Waals surface area contributed by atoms with E-state index in [0.717, 1.165) is 10.8 Å². The average molecular weight is 233 g/mol. The van der Waals surface area contributed by atoms with Gasteiger partial charge < -0.3 is 0 Å². The second kappa shape index (κ2) is 4.41. The van der Waals surface area contributed by atoms with Crippen LogP contribution in [0.5, 0.6) is 0 Å². The molecule has 0 N–H and O–H groups in total. The molecule has 0 unspecified atom stereocenters. The van der Waals surface area contributed by atoms with Crippen LogP contribution in [0.15, 0.2) is 66.9 Å². The molecule has 86 valence electrons. The summed E-state index contributed by atoms with van der Waals surface area (Å²) in [5.41, 5.74) is 1.18. The molecule has 0 aliphatic rings. The van der Waals surface area contributed by atoms with E-state index >= 15 is 0 Å². The molecule has 3 rings (SSSR count). The standard InChI is InChI=1S/C16H11NO/c18-16(15-10-3-4-11-17-15)14-9-5-7-12-6-1-2-8-13(12)14/h1-11H. The van der Waals surface area contributed by atoms with Crippen LogP contribution in [0.1, 0.15) is 16.1 Å². The number of hydrogen-bond acceptors (Lipinski definition) is 2. The Kier molecular flexibility index (Phi) is 2.61. The number of nitrogens with zero attached hydrogens (tertiary/aromatic N) is 1. The summed E-state index contributed by atoms with van der Waals surface area (Å²) in [7, 11) is 0. The first-order chi connectivity index (χ1) is 8.86. The van der Waals surface area contributed by atoms with Crippen LogP contribution >= 0.6 is 0 Å². The van der Waals surface area contributed by atoms with E-state index in [2.05, 4.69) is 4.98 Å². The SMILES string of the molecule is O=C(c1ccccn1)c1cccc2ccccc12. The third-order valence-electron chi connectivity index (χ3n) is 2.93. The van der Waals surface area contributed by atoms with Crippen molar-refractivity contribution in [1.82, 2.24) is 4.98 Å². The number of benzene rings is 2. The Balaban J connectivity index is 2.18. The first-order valence-electron chi connectivity index (χ1n) is 5.80. The van der Waals surface area contributed by atoms with Gasteiger partial charge in [0.1, 0.15) is 5.69 Å². The van der Waals surface area contributed by atoms with Gasteiger partial charge in [-0.05, 0) is 22.9 Å². The summed E-state index contributed by atoms with van der Waals surface area (Å²) in [5, 5.41) is 2.04. The maximum Gasteiger partial charge on any atom is 0.211 e. The summed E-state index contributed by atoms with van der Waals surface area (Å²) in [4.78, 5) is 16.5. The van der Waals surface area contributed by atoms with Crippen molar-refractivity contribution in [3.8, 4) is 0 Å². The van der Waals surface area contributed by atoms with Crippen molar-refractivity contribution in [3.63, 3.8) is 0 Å². The number of hydrogen-bond donors (Lipinski definition) is 0. The van der Waals surface area contributed by atoms with Crippen LogP contribution in [0.2, 0.25) is 0 Å². The molecular weight excluding hydrogens is 222 g/mol. The molecule has 1 aromatic heterocycles. The van der Waals surface area contributed by atoms with Gasteiger partial charge in [0.25, 0.3) is 0 Å². The number of ketones is 1. The molecule has 2 aromatic carbocycles. The van der Waals surface area contributed by atoms with Crippen molar-refractivity contribution in [1.29, 1.82) is 0 Å². The van der Waals surface area contributed by atoms with Crippen LogP contribution in [-0.4, -0.2) is 10.8 Å². The van der Waals surface area contributed by atoms with Gasteiger partial charge in [-0.15, -0.1) is 0 Å². The summed E-state index contributed by atoms with van der Waals surface area (Å²) in [5.74, 6) is -0.0348. The predicted molar refractivity (Wildman–Crippen MR) is 71.6 cm³/mol. The Morgan fingerprint density at radius 1 is 0.833 bits per heavy atom. The van der Waals surface area contributed by atoms with Gasteiger partial charge in [0.15, 0.2) is 0 Å². The normalized spacial score (nSPS) is 10.4. The highest BCUT2D eigenvalue weighted by Gasteiger charge is 2.12. The van der Waals surface area contributed by atoms with Gasteiger partial charge in [-0.2, -0.15) is 0 Å². The van der Waals surface area contributed by atoms with E-state index in [1.165, 1.54) is 0 Å². The second-order valence-electron chi connectivity index (χ2n) is 4.07. The Morgan fingerprint density at radius 2 is 1.61 bits per heavy atom. The van der Waals surface area contributed by atoms with Gasteiger partial charge in [0.05, 0.1) is 0 Å². The molecule has 0 atom stereocenters. The van der Waals surface area contributed by atoms with Crippen LogP contribution in [-0.2, 0) is 0 Å². The minimum Gasteiger partial charge on any atom is -0.287 e. The van der Waals surface area contributed by atoms with Crippen molar-refractivity contribution in [3.05, 3.63) is 78.1 Å². The van der Waals surface area contributed by atoms with Gasteiger partial charge >= 0.3 is 0 Å². The highest BCUT2D eigenvalue weighted by molar-refractivity contribution is 6.15. The van der Waals surface area contributed by atoms with E-state index in [1.54, 1.807) is 18.3 Å². The van der Waals surface area contributed by atoms with Gasteiger partial charge in [-0.25, -0.2) is 0 Å². The summed E-state index contributed by atoms with van der Waals surface area (Å²) >= 11 is 0. The van der Waals surface area contributed by atoms with E-state index in [1.807, 2.05) is 48.5 Å². The molecule has 0 fully saturated rings. The number of carbonyl (C=O) groups excluding carboxylic acids is 1. The fourth-order valence-corrected chi connectivity index (χ4v) is 2.06. The van der Waals surface area contributed by atoms with Gasteiger partial charge in [0.2, 0.25) is 5.78 Å². The molecule has 0 aliphatic carbocycles. The molecule has 0 bridgehead atoms. The van der Waals surface area contributed by atoms with Crippen LogP contribution in [0, 0.1) is 0 Å². The third-order valence-corrected chi connectivity index (χ3v) is 2.93. The molecule has 0 saturated carbocycles. The minimum atomic E-state index is -0.0348. The third kappa shape index (κ3) is 1.78. The van der Waals surface area contributed by atoms with Crippen molar-refractivity contribution in [2.45, 2.75) is 0 Å². The maximum atomic E-state index is 12.4. The lowest BCUT2D eigenvalue weighted by atomic mass is 10.00. The number of fused-ring (bicyclic) bond motifs is 1. The molecule has 0 saturated heterocycles. The number of pyridine rings is 1. The lowest BCUT2D eigenvalue weighted by Crippen LogP contribution is -2.04. The Bertz CT molecular complexity index is 699. The lowest BCUT2D eigenvalue weighted by molar-refractivity contribution is 0.103. The number of rotatable bonds is 2. The summed E-state index contributed by atoms with van der Waals surface area (Å²) in [6, 6.07) is 19.0. The fraction of sp³-hybridized carbons (Fsp3) is 0. The van der Waals surface area contributed by atoms with Crippen LogP contribution < -0.4 is 0 Å². The predicted octanol–water partition coefficient (Wildman–Crippen LogP) is 3.47. The highest BCUT2D eigenvalue weighted by Crippen LogP contribution is 2.20. The highest BCUT2D eigenvalue weighted by atomic mass is 16.1. The van der Waals surface area contributed by atoms with Crippen molar-refractivity contribution >= 4 is 16.6 Å². The van der Waals surface area contributed by atoms with Gasteiger partial charge in [-0.1, -0.05) is 48.5 Å². The summed E-state index contributed by atoms with van der Waals surface area (Å²) in [6.07, 6.45) is 1.64. The maximum absolute atomic E-state index is 12.4. The van der Waals surface area contributed by atoms with Crippen molar-refractivity contribution in [2.75, 3.05) is 0 Å². The van der Waals surface area contributed by atoms with E-state index in [4.69, 9.17) is 0 Å².